The number of para-hydroxylation sites is 1. The topological polar surface area (TPSA) is 27.6 Å². The van der Waals surface area contributed by atoms with Gasteiger partial charge in [0, 0.05) is 23.7 Å². The van der Waals surface area contributed by atoms with E-state index in [0.717, 1.165) is 35.2 Å². The predicted octanol–water partition coefficient (Wildman–Crippen LogP) is 3.98. The molecule has 0 fully saturated rings. The quantitative estimate of drug-likeness (QED) is 0.895. The van der Waals surface area contributed by atoms with Crippen molar-refractivity contribution in [2.24, 2.45) is 5.10 Å². The van der Waals surface area contributed by atoms with Gasteiger partial charge in [-0.1, -0.05) is 29.8 Å². The van der Waals surface area contributed by atoms with Crippen LogP contribution in [0.25, 0.3) is 0 Å². The van der Waals surface area contributed by atoms with E-state index in [-0.39, 0.29) is 0 Å². The summed E-state index contributed by atoms with van der Waals surface area (Å²) in [6.07, 6.45) is 0.914. The lowest BCUT2D eigenvalue weighted by atomic mass is 10.3. The fraction of sp³-hybridized carbons (Fsp3) is 0.133. The highest BCUT2D eigenvalue weighted by Crippen LogP contribution is 2.20. The molecule has 0 spiro atoms. The Morgan fingerprint density at radius 1 is 1.00 bits per heavy atom. The molecule has 1 N–H and O–H groups in total. The Bertz CT molecular complexity index is 578. The molecule has 0 radical (unpaired) electrons. The van der Waals surface area contributed by atoms with Crippen molar-refractivity contribution >= 4 is 28.8 Å². The second kappa shape index (κ2) is 5.33. The second-order valence-corrected chi connectivity index (χ2v) is 4.82. The summed E-state index contributed by atoms with van der Waals surface area (Å²) < 4.78 is 0. The van der Waals surface area contributed by atoms with Crippen molar-refractivity contribution in [3.8, 4) is 0 Å². The molecule has 1 aliphatic heterocycles. The minimum atomic E-state index is 0.741. The van der Waals surface area contributed by atoms with Crippen molar-refractivity contribution in [1.82, 2.24) is 0 Å². The van der Waals surface area contributed by atoms with E-state index in [1.165, 1.54) is 0 Å². The van der Waals surface area contributed by atoms with E-state index in [0.29, 0.717) is 0 Å². The van der Waals surface area contributed by atoms with E-state index < -0.39 is 0 Å². The Morgan fingerprint density at radius 2 is 1.74 bits per heavy atom. The van der Waals surface area contributed by atoms with Crippen LogP contribution >= 0.6 is 11.6 Å². The van der Waals surface area contributed by atoms with Crippen molar-refractivity contribution in [2.45, 2.75) is 6.42 Å². The van der Waals surface area contributed by atoms with Crippen LogP contribution in [0.3, 0.4) is 0 Å². The van der Waals surface area contributed by atoms with E-state index in [1.807, 2.05) is 47.5 Å². The van der Waals surface area contributed by atoms with Gasteiger partial charge in [0.05, 0.1) is 5.69 Å². The van der Waals surface area contributed by atoms with Gasteiger partial charge in [-0.15, -0.1) is 0 Å². The smallest absolute Gasteiger partial charge is 0.129 e. The number of anilines is 2. The lowest BCUT2D eigenvalue weighted by Gasteiger charge is -2.12. The zero-order valence-corrected chi connectivity index (χ0v) is 11.1. The second-order valence-electron chi connectivity index (χ2n) is 4.39. The van der Waals surface area contributed by atoms with E-state index in [9.17, 15) is 0 Å². The summed E-state index contributed by atoms with van der Waals surface area (Å²) >= 11 is 5.87. The lowest BCUT2D eigenvalue weighted by molar-refractivity contribution is 0.922. The molecule has 1 aliphatic rings. The fourth-order valence-electron chi connectivity index (χ4n) is 2.03. The summed E-state index contributed by atoms with van der Waals surface area (Å²) in [4.78, 5) is 0. The molecule has 2 aromatic rings. The van der Waals surface area contributed by atoms with E-state index in [1.54, 1.807) is 0 Å². The van der Waals surface area contributed by atoms with Gasteiger partial charge in [-0.3, -0.25) is 5.01 Å². The molecule has 2 aromatic carbocycles. The van der Waals surface area contributed by atoms with Crippen molar-refractivity contribution in [1.29, 1.82) is 0 Å². The molecule has 0 amide bonds. The number of amidine groups is 1. The van der Waals surface area contributed by atoms with Crippen LogP contribution in [-0.2, 0) is 0 Å². The van der Waals surface area contributed by atoms with Crippen LogP contribution in [0.1, 0.15) is 6.42 Å². The number of hydrogen-bond acceptors (Lipinski definition) is 3. The van der Waals surface area contributed by atoms with Crippen molar-refractivity contribution in [3.05, 3.63) is 59.6 Å². The highest BCUT2D eigenvalue weighted by Gasteiger charge is 2.15. The molecule has 0 bridgehead atoms. The van der Waals surface area contributed by atoms with Gasteiger partial charge in [-0.25, -0.2) is 0 Å². The number of halogens is 1. The first-order valence-corrected chi connectivity index (χ1v) is 6.62. The van der Waals surface area contributed by atoms with Gasteiger partial charge in [-0.2, -0.15) is 5.10 Å². The summed E-state index contributed by atoms with van der Waals surface area (Å²) in [5.41, 5.74) is 2.13. The van der Waals surface area contributed by atoms with Crippen LogP contribution in [0.4, 0.5) is 11.4 Å². The highest BCUT2D eigenvalue weighted by molar-refractivity contribution is 6.30. The molecular weight excluding hydrogens is 258 g/mol. The molecule has 0 saturated heterocycles. The minimum absolute atomic E-state index is 0.741. The third kappa shape index (κ3) is 2.88. The molecule has 0 aromatic heterocycles. The zero-order valence-electron chi connectivity index (χ0n) is 10.4. The third-order valence-electron chi connectivity index (χ3n) is 2.99. The molecule has 3 nitrogen and oxygen atoms in total. The van der Waals surface area contributed by atoms with Crippen molar-refractivity contribution < 1.29 is 0 Å². The predicted molar refractivity (Wildman–Crippen MR) is 80.9 cm³/mol. The minimum Gasteiger partial charge on any atom is -0.342 e. The number of benzene rings is 2. The summed E-state index contributed by atoms with van der Waals surface area (Å²) in [7, 11) is 0. The monoisotopic (exact) mass is 271 g/mol. The van der Waals surface area contributed by atoms with Crippen LogP contribution in [0, 0.1) is 0 Å². The van der Waals surface area contributed by atoms with Crippen molar-refractivity contribution in [3.63, 3.8) is 0 Å². The standard InChI is InChI=1S/C15H14ClN3/c16-12-6-8-13(9-7-12)17-15-10-11-19(18-15)14-4-2-1-3-5-14/h1-9H,10-11H2,(H,17,18). The van der Waals surface area contributed by atoms with Gasteiger partial charge in [0.2, 0.25) is 0 Å². The van der Waals surface area contributed by atoms with E-state index in [4.69, 9.17) is 11.6 Å². The number of hydrazone groups is 1. The number of nitrogens with one attached hydrogen (secondary N) is 1. The average Bonchev–Trinajstić information content (AvgIpc) is 2.91. The number of nitrogens with zero attached hydrogens (tertiary/aromatic N) is 2. The first-order chi connectivity index (χ1) is 9.31. The van der Waals surface area contributed by atoms with Gasteiger partial charge >= 0.3 is 0 Å². The number of rotatable bonds is 2. The van der Waals surface area contributed by atoms with Crippen molar-refractivity contribution in [2.75, 3.05) is 16.9 Å². The summed E-state index contributed by atoms with van der Waals surface area (Å²) in [5.74, 6) is 0.978. The zero-order chi connectivity index (χ0) is 13.1. The van der Waals surface area contributed by atoms with Gasteiger partial charge in [-0.05, 0) is 36.4 Å². The maximum atomic E-state index is 5.87. The molecule has 96 valence electrons. The first-order valence-electron chi connectivity index (χ1n) is 6.24. The highest BCUT2D eigenvalue weighted by atomic mass is 35.5. The summed E-state index contributed by atoms with van der Waals surface area (Å²) in [6.45, 7) is 0.903. The molecule has 0 aliphatic carbocycles. The van der Waals surface area contributed by atoms with Gasteiger partial charge in [0.25, 0.3) is 0 Å². The van der Waals surface area contributed by atoms with Crippen LogP contribution in [0.15, 0.2) is 59.7 Å². The molecule has 0 atom stereocenters. The Kier molecular flexibility index (Phi) is 3.38. The van der Waals surface area contributed by atoms with E-state index in [2.05, 4.69) is 22.6 Å². The summed E-state index contributed by atoms with van der Waals surface area (Å²) in [5, 5.41) is 10.7. The molecule has 3 rings (SSSR count). The third-order valence-corrected chi connectivity index (χ3v) is 3.24. The maximum Gasteiger partial charge on any atom is 0.129 e. The molecule has 4 heteroatoms. The Labute approximate surface area is 117 Å². The average molecular weight is 272 g/mol. The largest absolute Gasteiger partial charge is 0.342 e. The Balaban J connectivity index is 1.72. The molecule has 0 unspecified atom stereocenters. The molecule has 19 heavy (non-hydrogen) atoms. The van der Waals surface area contributed by atoms with Crippen LogP contribution in [-0.4, -0.2) is 12.4 Å². The van der Waals surface area contributed by atoms with Crippen LogP contribution in [0.2, 0.25) is 5.02 Å². The first kappa shape index (κ1) is 12.1. The lowest BCUT2D eigenvalue weighted by Crippen LogP contribution is -2.11. The number of hydrogen-bond donors (Lipinski definition) is 1. The molecule has 1 heterocycles. The molecule has 0 saturated carbocycles. The summed E-state index contributed by atoms with van der Waals surface area (Å²) in [6, 6.07) is 17.8. The SMILES string of the molecule is Clc1ccc(NC2=NN(c3ccccc3)CC2)cc1. The van der Waals surface area contributed by atoms with Crippen LogP contribution < -0.4 is 10.3 Å². The molecular formula is C15H14ClN3. The van der Waals surface area contributed by atoms with E-state index >= 15 is 0 Å². The van der Waals surface area contributed by atoms with Gasteiger partial charge < -0.3 is 5.32 Å². The normalized spacial score (nSPS) is 14.4. The van der Waals surface area contributed by atoms with Crippen LogP contribution in [0.5, 0.6) is 0 Å². The maximum absolute atomic E-state index is 5.87. The van der Waals surface area contributed by atoms with Gasteiger partial charge in [0.15, 0.2) is 0 Å². The van der Waals surface area contributed by atoms with Gasteiger partial charge in [0.1, 0.15) is 5.84 Å². The Hall–Kier alpha value is -2.00. The Morgan fingerprint density at radius 3 is 2.47 bits per heavy atom. The fourth-order valence-corrected chi connectivity index (χ4v) is 2.16.